The number of fused-ring (bicyclic) bond motifs is 1. The molecule has 0 aliphatic heterocycles. The Kier molecular flexibility index (Phi) is 6.47. The van der Waals surface area contributed by atoms with Crippen LogP contribution in [0.2, 0.25) is 0 Å². The van der Waals surface area contributed by atoms with Crippen LogP contribution in [0.1, 0.15) is 24.4 Å². The SMILES string of the molecule is CC(C(C=Nc1ccccc1F)=NN)c1c(Br)c(-c2cnc(C(F)(F)F)nc2)c2c(N)ncnn12. The number of halogens is 5. The summed E-state index contributed by atoms with van der Waals surface area (Å²) in [7, 11) is 0. The first kappa shape index (κ1) is 24.2. The summed E-state index contributed by atoms with van der Waals surface area (Å²) in [4.78, 5) is 15.0. The van der Waals surface area contributed by atoms with E-state index in [2.05, 4.69) is 46.1 Å². The summed E-state index contributed by atoms with van der Waals surface area (Å²) in [6.07, 6.45) is -0.0711. The van der Waals surface area contributed by atoms with Gasteiger partial charge in [0.2, 0.25) is 5.82 Å². The standard InChI is InChI=1S/C21H16BrF4N9/c1-10(14(34-28)8-29-13-5-3-2-4-12(13)23)17-16(22)15(18-19(27)32-9-33-35(17)18)11-6-30-20(31-7-11)21(24,25)26/h2-10H,28H2,1H3,(H2,27,32,33). The molecule has 180 valence electrons. The van der Waals surface area contributed by atoms with Crippen molar-refractivity contribution in [2.24, 2.45) is 15.9 Å². The van der Waals surface area contributed by atoms with Gasteiger partial charge < -0.3 is 11.6 Å². The molecule has 0 saturated heterocycles. The molecule has 0 saturated carbocycles. The van der Waals surface area contributed by atoms with Crippen molar-refractivity contribution in [1.29, 1.82) is 0 Å². The molecule has 4 aromatic rings. The molecule has 0 fully saturated rings. The Labute approximate surface area is 203 Å². The van der Waals surface area contributed by atoms with Crippen molar-refractivity contribution >= 4 is 44.9 Å². The molecule has 9 nitrogen and oxygen atoms in total. The van der Waals surface area contributed by atoms with Gasteiger partial charge in [-0.15, -0.1) is 0 Å². The zero-order valence-electron chi connectivity index (χ0n) is 17.9. The van der Waals surface area contributed by atoms with Gasteiger partial charge in [-0.05, 0) is 28.1 Å². The van der Waals surface area contributed by atoms with Crippen molar-refractivity contribution in [3.8, 4) is 11.1 Å². The van der Waals surface area contributed by atoms with Crippen molar-refractivity contribution in [3.63, 3.8) is 0 Å². The van der Waals surface area contributed by atoms with Crippen molar-refractivity contribution < 1.29 is 17.6 Å². The number of para-hydroxylation sites is 1. The summed E-state index contributed by atoms with van der Waals surface area (Å²) in [6.45, 7) is 1.75. The van der Waals surface area contributed by atoms with Crippen LogP contribution in [0.4, 0.5) is 29.1 Å². The predicted octanol–water partition coefficient (Wildman–Crippen LogP) is 4.51. The summed E-state index contributed by atoms with van der Waals surface area (Å²) in [5.41, 5.74) is 7.88. The molecule has 1 unspecified atom stereocenters. The first-order valence-electron chi connectivity index (χ1n) is 9.90. The van der Waals surface area contributed by atoms with Gasteiger partial charge >= 0.3 is 6.18 Å². The highest BCUT2D eigenvalue weighted by Gasteiger charge is 2.35. The number of hydrogen-bond acceptors (Lipinski definition) is 8. The van der Waals surface area contributed by atoms with Crippen LogP contribution < -0.4 is 11.6 Å². The second kappa shape index (κ2) is 9.37. The number of rotatable bonds is 5. The van der Waals surface area contributed by atoms with Gasteiger partial charge in [-0.2, -0.15) is 23.4 Å². The quantitative estimate of drug-likeness (QED) is 0.163. The second-order valence-corrected chi connectivity index (χ2v) is 8.05. The van der Waals surface area contributed by atoms with E-state index in [9.17, 15) is 17.6 Å². The van der Waals surface area contributed by atoms with E-state index >= 15 is 0 Å². The summed E-state index contributed by atoms with van der Waals surface area (Å²) >= 11 is 3.51. The van der Waals surface area contributed by atoms with Crippen LogP contribution in [0.15, 0.2) is 57.6 Å². The van der Waals surface area contributed by atoms with Crippen LogP contribution in [-0.2, 0) is 6.18 Å². The predicted molar refractivity (Wildman–Crippen MR) is 126 cm³/mol. The molecule has 1 aromatic carbocycles. The first-order chi connectivity index (χ1) is 16.6. The van der Waals surface area contributed by atoms with E-state index in [1.807, 2.05) is 0 Å². The molecule has 4 N–H and O–H groups in total. The Balaban J connectivity index is 1.83. The van der Waals surface area contributed by atoms with Gasteiger partial charge in [0.1, 0.15) is 17.7 Å². The average molecular weight is 550 g/mol. The fraction of sp³-hybridized carbons (Fsp3) is 0.143. The minimum atomic E-state index is -4.69. The van der Waals surface area contributed by atoms with Gasteiger partial charge in [0.05, 0.1) is 27.8 Å². The molecule has 0 bridgehead atoms. The number of nitrogens with two attached hydrogens (primary N) is 2. The highest BCUT2D eigenvalue weighted by Crippen LogP contribution is 2.41. The van der Waals surface area contributed by atoms with E-state index in [-0.39, 0.29) is 22.8 Å². The monoisotopic (exact) mass is 549 g/mol. The van der Waals surface area contributed by atoms with Crippen LogP contribution in [0.5, 0.6) is 0 Å². The summed E-state index contributed by atoms with van der Waals surface area (Å²) < 4.78 is 54.7. The molecule has 0 aliphatic rings. The maximum Gasteiger partial charge on any atom is 0.451 e. The second-order valence-electron chi connectivity index (χ2n) is 7.26. The maximum absolute atomic E-state index is 14.0. The number of nitrogen functional groups attached to an aromatic ring is 1. The molecule has 4 rings (SSSR count). The summed E-state index contributed by atoms with van der Waals surface area (Å²) in [6, 6.07) is 5.93. The average Bonchev–Trinajstić information content (AvgIpc) is 3.13. The van der Waals surface area contributed by atoms with Crippen molar-refractivity contribution in [1.82, 2.24) is 24.6 Å². The van der Waals surface area contributed by atoms with Crippen LogP contribution in [-0.4, -0.2) is 36.5 Å². The largest absolute Gasteiger partial charge is 0.451 e. The van der Waals surface area contributed by atoms with Gasteiger partial charge in [0.15, 0.2) is 5.82 Å². The van der Waals surface area contributed by atoms with Gasteiger partial charge in [0.25, 0.3) is 0 Å². The Bertz CT molecular complexity index is 1450. The molecule has 1 atom stereocenters. The van der Waals surface area contributed by atoms with E-state index in [0.29, 0.717) is 21.2 Å². The first-order valence-corrected chi connectivity index (χ1v) is 10.7. The zero-order chi connectivity index (χ0) is 25.3. The highest BCUT2D eigenvalue weighted by atomic mass is 79.9. The fourth-order valence-corrected chi connectivity index (χ4v) is 4.37. The third kappa shape index (κ3) is 4.56. The lowest BCUT2D eigenvalue weighted by atomic mass is 10.0. The van der Waals surface area contributed by atoms with E-state index < -0.39 is 23.7 Å². The van der Waals surface area contributed by atoms with Gasteiger partial charge in [-0.25, -0.2) is 23.9 Å². The Morgan fingerprint density at radius 2 is 1.86 bits per heavy atom. The highest BCUT2D eigenvalue weighted by molar-refractivity contribution is 9.10. The lowest BCUT2D eigenvalue weighted by molar-refractivity contribution is -0.144. The molecular formula is C21H16BrF4N9. The van der Waals surface area contributed by atoms with Gasteiger partial charge in [-0.3, -0.25) is 4.99 Å². The molecular weight excluding hydrogens is 534 g/mol. The minimum Gasteiger partial charge on any atom is -0.382 e. The molecule has 3 aromatic heterocycles. The minimum absolute atomic E-state index is 0.0697. The van der Waals surface area contributed by atoms with E-state index in [4.69, 9.17) is 11.6 Å². The van der Waals surface area contributed by atoms with Crippen LogP contribution in [0.25, 0.3) is 16.6 Å². The van der Waals surface area contributed by atoms with E-state index in [1.165, 1.54) is 35.3 Å². The van der Waals surface area contributed by atoms with Gasteiger partial charge in [-0.1, -0.05) is 19.1 Å². The van der Waals surface area contributed by atoms with Crippen LogP contribution in [0, 0.1) is 5.82 Å². The molecule has 0 spiro atoms. The Morgan fingerprint density at radius 1 is 1.17 bits per heavy atom. The normalized spacial score (nSPS) is 13.6. The van der Waals surface area contributed by atoms with E-state index in [0.717, 1.165) is 12.4 Å². The topological polar surface area (TPSA) is 133 Å². The van der Waals surface area contributed by atoms with Crippen molar-refractivity contribution in [2.45, 2.75) is 19.0 Å². The summed E-state index contributed by atoms with van der Waals surface area (Å²) in [5.74, 6) is 3.31. The maximum atomic E-state index is 14.0. The van der Waals surface area contributed by atoms with Gasteiger partial charge in [0, 0.05) is 29.4 Å². The molecule has 3 heterocycles. The Hall–Kier alpha value is -3.94. The van der Waals surface area contributed by atoms with Crippen molar-refractivity contribution in [2.75, 3.05) is 5.73 Å². The number of alkyl halides is 3. The lowest BCUT2D eigenvalue weighted by Crippen LogP contribution is -2.16. The number of benzene rings is 1. The van der Waals surface area contributed by atoms with Crippen molar-refractivity contribution in [3.05, 3.63) is 64.8 Å². The third-order valence-electron chi connectivity index (χ3n) is 5.11. The smallest absolute Gasteiger partial charge is 0.382 e. The number of aliphatic imine (C=N–C) groups is 1. The third-order valence-corrected chi connectivity index (χ3v) is 5.92. The number of aromatic nitrogens is 5. The summed E-state index contributed by atoms with van der Waals surface area (Å²) in [5, 5.41) is 8.04. The number of hydrogen-bond donors (Lipinski definition) is 2. The molecule has 0 radical (unpaired) electrons. The van der Waals surface area contributed by atoms with Crippen LogP contribution >= 0.6 is 15.9 Å². The number of hydrazone groups is 1. The molecule has 0 aliphatic carbocycles. The number of anilines is 1. The Morgan fingerprint density at radius 3 is 2.49 bits per heavy atom. The van der Waals surface area contributed by atoms with E-state index in [1.54, 1.807) is 13.0 Å². The lowest BCUT2D eigenvalue weighted by Gasteiger charge is -2.12. The number of nitrogens with zero attached hydrogens (tertiary/aromatic N) is 7. The molecule has 0 amide bonds. The molecule has 14 heteroatoms. The fourth-order valence-electron chi connectivity index (χ4n) is 3.44. The van der Waals surface area contributed by atoms with Crippen LogP contribution in [0.3, 0.4) is 0 Å². The zero-order valence-corrected chi connectivity index (χ0v) is 19.5. The molecule has 35 heavy (non-hydrogen) atoms.